The number of thioether (sulfide) groups is 1. The number of hydrogen-bond acceptors (Lipinski definition) is 4. The summed E-state index contributed by atoms with van der Waals surface area (Å²) in [7, 11) is 1.61. The van der Waals surface area contributed by atoms with E-state index >= 15 is 0 Å². The molecule has 1 heterocycles. The standard InChI is InChI=1S/C15H18O4S/c1-18-12-3-2-10(15(5-6-15)14(16)17)8-13(12)19-11-4-7-20-9-11/h2-3,8,11H,4-7,9H2,1H3,(H,16,17). The second-order valence-electron chi connectivity index (χ2n) is 5.36. The molecule has 0 spiro atoms. The molecule has 1 saturated carbocycles. The summed E-state index contributed by atoms with van der Waals surface area (Å²) in [5.74, 6) is 2.70. The number of rotatable bonds is 5. The fourth-order valence-corrected chi connectivity index (χ4v) is 3.70. The summed E-state index contributed by atoms with van der Waals surface area (Å²) >= 11 is 1.88. The summed E-state index contributed by atoms with van der Waals surface area (Å²) in [6.45, 7) is 0. The van der Waals surface area contributed by atoms with E-state index in [1.54, 1.807) is 7.11 Å². The number of aliphatic carboxylic acids is 1. The van der Waals surface area contributed by atoms with Crippen LogP contribution in [0.2, 0.25) is 0 Å². The quantitative estimate of drug-likeness (QED) is 0.905. The Hall–Kier alpha value is -1.36. The molecule has 1 aliphatic carbocycles. The third kappa shape index (κ3) is 2.35. The van der Waals surface area contributed by atoms with Crippen molar-refractivity contribution < 1.29 is 19.4 Å². The van der Waals surface area contributed by atoms with Gasteiger partial charge in [-0.3, -0.25) is 4.79 Å². The molecule has 1 aromatic rings. The average Bonchev–Trinajstić information content (AvgIpc) is 3.12. The SMILES string of the molecule is COc1ccc(C2(C(=O)O)CC2)cc1OC1CCSC1. The lowest BCUT2D eigenvalue weighted by Gasteiger charge is -2.18. The average molecular weight is 294 g/mol. The largest absolute Gasteiger partial charge is 0.493 e. The highest BCUT2D eigenvalue weighted by Crippen LogP contribution is 2.50. The van der Waals surface area contributed by atoms with Crippen molar-refractivity contribution in [1.82, 2.24) is 0 Å². The number of carboxylic acids is 1. The van der Waals surface area contributed by atoms with E-state index in [9.17, 15) is 9.90 Å². The van der Waals surface area contributed by atoms with E-state index in [-0.39, 0.29) is 6.10 Å². The van der Waals surface area contributed by atoms with E-state index in [2.05, 4.69) is 0 Å². The van der Waals surface area contributed by atoms with E-state index in [1.807, 2.05) is 30.0 Å². The van der Waals surface area contributed by atoms with Crippen LogP contribution >= 0.6 is 11.8 Å². The van der Waals surface area contributed by atoms with Crippen molar-refractivity contribution in [2.24, 2.45) is 0 Å². The van der Waals surface area contributed by atoms with Crippen molar-refractivity contribution in [2.75, 3.05) is 18.6 Å². The number of methoxy groups -OCH3 is 1. The van der Waals surface area contributed by atoms with Gasteiger partial charge in [0.25, 0.3) is 0 Å². The molecular weight excluding hydrogens is 276 g/mol. The Kier molecular flexibility index (Phi) is 3.54. The van der Waals surface area contributed by atoms with Crippen molar-refractivity contribution in [3.05, 3.63) is 23.8 Å². The molecule has 20 heavy (non-hydrogen) atoms. The molecule has 3 rings (SSSR count). The van der Waals surface area contributed by atoms with Gasteiger partial charge in [0.2, 0.25) is 0 Å². The maximum atomic E-state index is 11.4. The molecular formula is C15H18O4S. The summed E-state index contributed by atoms with van der Waals surface area (Å²) in [4.78, 5) is 11.4. The molecule has 0 amide bonds. The highest BCUT2D eigenvalue weighted by molar-refractivity contribution is 7.99. The van der Waals surface area contributed by atoms with Crippen molar-refractivity contribution in [3.8, 4) is 11.5 Å². The zero-order chi connectivity index (χ0) is 14.2. The molecule has 1 saturated heterocycles. The lowest BCUT2D eigenvalue weighted by atomic mass is 9.96. The van der Waals surface area contributed by atoms with Crippen LogP contribution in [-0.2, 0) is 10.2 Å². The van der Waals surface area contributed by atoms with Crippen LogP contribution in [-0.4, -0.2) is 35.8 Å². The first-order valence-electron chi connectivity index (χ1n) is 6.82. The van der Waals surface area contributed by atoms with Gasteiger partial charge in [-0.05, 0) is 42.7 Å². The van der Waals surface area contributed by atoms with Crippen LogP contribution < -0.4 is 9.47 Å². The first-order chi connectivity index (χ1) is 9.65. The summed E-state index contributed by atoms with van der Waals surface area (Å²) in [5.41, 5.74) is 0.126. The molecule has 1 aromatic carbocycles. The third-order valence-electron chi connectivity index (χ3n) is 4.06. The topological polar surface area (TPSA) is 55.8 Å². The zero-order valence-corrected chi connectivity index (χ0v) is 12.2. The minimum atomic E-state index is -0.745. The molecule has 5 heteroatoms. The van der Waals surface area contributed by atoms with E-state index in [0.29, 0.717) is 24.3 Å². The van der Waals surface area contributed by atoms with Crippen molar-refractivity contribution in [3.63, 3.8) is 0 Å². The van der Waals surface area contributed by atoms with Gasteiger partial charge >= 0.3 is 5.97 Å². The van der Waals surface area contributed by atoms with Crippen molar-refractivity contribution in [1.29, 1.82) is 0 Å². The number of hydrogen-bond donors (Lipinski definition) is 1. The Labute approximate surface area is 122 Å². The third-order valence-corrected chi connectivity index (χ3v) is 5.19. The molecule has 0 aromatic heterocycles. The predicted molar refractivity (Wildman–Crippen MR) is 77.9 cm³/mol. The molecule has 2 fully saturated rings. The zero-order valence-electron chi connectivity index (χ0n) is 11.4. The van der Waals surface area contributed by atoms with Crippen LogP contribution in [0.25, 0.3) is 0 Å². The minimum absolute atomic E-state index is 0.198. The summed E-state index contributed by atoms with van der Waals surface area (Å²) < 4.78 is 11.3. The molecule has 108 valence electrons. The molecule has 4 nitrogen and oxygen atoms in total. The van der Waals surface area contributed by atoms with Gasteiger partial charge in [0.05, 0.1) is 12.5 Å². The summed E-state index contributed by atoms with van der Waals surface area (Å²) in [6.07, 6.45) is 2.63. The first kappa shape index (κ1) is 13.6. The Morgan fingerprint density at radius 3 is 2.75 bits per heavy atom. The molecule has 1 unspecified atom stereocenters. The Bertz CT molecular complexity index is 519. The molecule has 1 atom stereocenters. The fraction of sp³-hybridized carbons (Fsp3) is 0.533. The first-order valence-corrected chi connectivity index (χ1v) is 7.97. The minimum Gasteiger partial charge on any atom is -0.493 e. The van der Waals surface area contributed by atoms with Gasteiger partial charge < -0.3 is 14.6 Å². The van der Waals surface area contributed by atoms with Crippen LogP contribution in [0.4, 0.5) is 0 Å². The monoisotopic (exact) mass is 294 g/mol. The van der Waals surface area contributed by atoms with Gasteiger partial charge in [0, 0.05) is 5.75 Å². The molecule has 0 bridgehead atoms. The number of ether oxygens (including phenoxy) is 2. The van der Waals surface area contributed by atoms with Crippen LogP contribution in [0.15, 0.2) is 18.2 Å². The van der Waals surface area contributed by atoms with E-state index in [1.165, 1.54) is 0 Å². The fourth-order valence-electron chi connectivity index (χ4n) is 2.60. The Morgan fingerprint density at radius 2 is 2.20 bits per heavy atom. The van der Waals surface area contributed by atoms with Gasteiger partial charge in [-0.25, -0.2) is 0 Å². The van der Waals surface area contributed by atoms with Gasteiger partial charge in [-0.2, -0.15) is 11.8 Å². The molecule has 1 N–H and O–H groups in total. The highest BCUT2D eigenvalue weighted by Gasteiger charge is 2.52. The molecule has 0 radical (unpaired) electrons. The Morgan fingerprint density at radius 1 is 1.40 bits per heavy atom. The Balaban J connectivity index is 1.88. The van der Waals surface area contributed by atoms with Crippen molar-refractivity contribution in [2.45, 2.75) is 30.8 Å². The van der Waals surface area contributed by atoms with Gasteiger partial charge in [-0.15, -0.1) is 0 Å². The van der Waals surface area contributed by atoms with Crippen LogP contribution in [0.3, 0.4) is 0 Å². The van der Waals surface area contributed by atoms with Crippen molar-refractivity contribution >= 4 is 17.7 Å². The van der Waals surface area contributed by atoms with E-state index < -0.39 is 11.4 Å². The van der Waals surface area contributed by atoms with E-state index in [0.717, 1.165) is 23.5 Å². The summed E-state index contributed by atoms with van der Waals surface area (Å²) in [5, 5.41) is 9.38. The number of carboxylic acid groups (broad SMARTS) is 1. The smallest absolute Gasteiger partial charge is 0.314 e. The van der Waals surface area contributed by atoms with Crippen LogP contribution in [0, 0.1) is 0 Å². The van der Waals surface area contributed by atoms with Crippen LogP contribution in [0.5, 0.6) is 11.5 Å². The maximum absolute atomic E-state index is 11.4. The molecule has 2 aliphatic rings. The number of benzene rings is 1. The number of carbonyl (C=O) groups is 1. The van der Waals surface area contributed by atoms with Gasteiger partial charge in [-0.1, -0.05) is 6.07 Å². The van der Waals surface area contributed by atoms with Gasteiger partial charge in [0.1, 0.15) is 6.10 Å². The maximum Gasteiger partial charge on any atom is 0.314 e. The second kappa shape index (κ2) is 5.20. The summed E-state index contributed by atoms with van der Waals surface area (Å²) in [6, 6.07) is 5.51. The normalized spacial score (nSPS) is 23.4. The highest BCUT2D eigenvalue weighted by atomic mass is 32.2. The second-order valence-corrected chi connectivity index (χ2v) is 6.51. The lowest BCUT2D eigenvalue weighted by molar-refractivity contribution is -0.140. The van der Waals surface area contributed by atoms with Crippen LogP contribution in [0.1, 0.15) is 24.8 Å². The lowest BCUT2D eigenvalue weighted by Crippen LogP contribution is -2.20. The molecule has 1 aliphatic heterocycles. The van der Waals surface area contributed by atoms with Gasteiger partial charge in [0.15, 0.2) is 11.5 Å². The van der Waals surface area contributed by atoms with E-state index in [4.69, 9.17) is 9.47 Å². The predicted octanol–water partition coefficient (Wildman–Crippen LogP) is 2.70.